The summed E-state index contributed by atoms with van der Waals surface area (Å²) in [5, 5.41) is 54.3. The smallest absolute Gasteiger partial charge is 0.220 e. The number of aliphatic hydroxyl groups is 5. The Kier molecular flexibility index (Phi) is 43.1. The molecule has 1 amide bonds. The molecule has 0 aromatic carbocycles. The molecule has 0 aromatic heterocycles. The highest BCUT2D eigenvalue weighted by atomic mass is 16.7. The van der Waals surface area contributed by atoms with E-state index in [1.165, 1.54) is 205 Å². The molecule has 0 bridgehead atoms. The van der Waals surface area contributed by atoms with E-state index in [0.717, 1.165) is 38.5 Å². The number of ether oxygens (including phenoxy) is 2. The molecule has 0 saturated carbocycles. The third-order valence-corrected chi connectivity index (χ3v) is 13.3. The molecule has 9 heteroatoms. The maximum atomic E-state index is 13.0. The highest BCUT2D eigenvalue weighted by molar-refractivity contribution is 5.76. The Morgan fingerprint density at radius 3 is 1.31 bits per heavy atom. The maximum absolute atomic E-state index is 13.0. The largest absolute Gasteiger partial charge is 0.394 e. The zero-order valence-corrected chi connectivity index (χ0v) is 41.8. The second kappa shape index (κ2) is 45.5. The van der Waals surface area contributed by atoms with Crippen LogP contribution in [0.3, 0.4) is 0 Å². The molecule has 9 nitrogen and oxygen atoms in total. The van der Waals surface area contributed by atoms with Crippen LogP contribution in [0.2, 0.25) is 0 Å². The lowest BCUT2D eigenvalue weighted by atomic mass is 9.99. The predicted molar refractivity (Wildman–Crippen MR) is 267 cm³/mol. The van der Waals surface area contributed by atoms with Crippen molar-refractivity contribution in [1.82, 2.24) is 5.32 Å². The highest BCUT2D eigenvalue weighted by Crippen LogP contribution is 2.23. The molecule has 7 unspecified atom stereocenters. The number of allylic oxidation sites excluding steroid dienone is 3. The second-order valence-corrected chi connectivity index (χ2v) is 19.4. The van der Waals surface area contributed by atoms with Crippen LogP contribution in [-0.4, -0.2) is 87.5 Å². The standard InChI is InChI=1S/C55H105NO8/c1-3-5-7-9-11-13-15-17-18-19-20-21-22-23-24-25-26-27-28-29-30-31-33-34-36-38-40-42-44-49(58)48(47-63-55-54(62)53(61)52(60)50(46-57)64-55)56-51(59)45-43-41-39-37-35-32-16-14-12-10-8-6-4-2/h34,36,42,44,48-50,52-55,57-58,60-62H,3-33,35,37-41,43,45-47H2,1-2H3,(H,56,59)/b36-34+,44-42+. The molecule has 7 atom stereocenters. The van der Waals surface area contributed by atoms with E-state index in [0.29, 0.717) is 6.42 Å². The Labute approximate surface area is 394 Å². The number of nitrogens with one attached hydrogen (secondary N) is 1. The lowest BCUT2D eigenvalue weighted by Gasteiger charge is -2.40. The number of aliphatic hydroxyl groups excluding tert-OH is 5. The van der Waals surface area contributed by atoms with Crippen LogP contribution in [0.5, 0.6) is 0 Å². The molecule has 6 N–H and O–H groups in total. The monoisotopic (exact) mass is 908 g/mol. The molecular weight excluding hydrogens is 803 g/mol. The Morgan fingerprint density at radius 2 is 0.891 bits per heavy atom. The molecule has 378 valence electrons. The lowest BCUT2D eigenvalue weighted by Crippen LogP contribution is -2.60. The van der Waals surface area contributed by atoms with Gasteiger partial charge in [0.25, 0.3) is 0 Å². The predicted octanol–water partition coefficient (Wildman–Crippen LogP) is 13.0. The Balaban J connectivity index is 2.22. The Hall–Kier alpha value is -1.33. The summed E-state index contributed by atoms with van der Waals surface area (Å²) in [5.74, 6) is -0.184. The molecule has 1 fully saturated rings. The average molecular weight is 908 g/mol. The molecule has 0 aromatic rings. The molecule has 1 aliphatic rings. The summed E-state index contributed by atoms with van der Waals surface area (Å²) in [6.07, 6.45) is 49.7. The molecule has 1 rings (SSSR count). The van der Waals surface area contributed by atoms with Gasteiger partial charge in [0.2, 0.25) is 5.91 Å². The molecule has 1 saturated heterocycles. The molecule has 64 heavy (non-hydrogen) atoms. The van der Waals surface area contributed by atoms with Gasteiger partial charge in [0.15, 0.2) is 6.29 Å². The number of carbonyl (C=O) groups is 1. The van der Waals surface area contributed by atoms with E-state index in [1.807, 2.05) is 6.08 Å². The van der Waals surface area contributed by atoms with Gasteiger partial charge in [0.05, 0.1) is 25.4 Å². The van der Waals surface area contributed by atoms with E-state index in [1.54, 1.807) is 6.08 Å². The SMILES string of the molecule is CCCCCCCCCCCCCCCCCCCCCCCC/C=C/CC/C=C/C(O)C(COC1OC(CO)C(O)C(O)C1O)NC(=O)CCCCCCCCCCCCCCC. The van der Waals surface area contributed by atoms with Gasteiger partial charge in [-0.2, -0.15) is 0 Å². The van der Waals surface area contributed by atoms with Crippen LogP contribution >= 0.6 is 0 Å². The van der Waals surface area contributed by atoms with E-state index in [4.69, 9.17) is 9.47 Å². The van der Waals surface area contributed by atoms with E-state index in [9.17, 15) is 30.3 Å². The molecular formula is C55H105NO8. The van der Waals surface area contributed by atoms with Gasteiger partial charge in [-0.05, 0) is 32.1 Å². The Morgan fingerprint density at radius 1 is 0.516 bits per heavy atom. The van der Waals surface area contributed by atoms with Gasteiger partial charge in [0, 0.05) is 6.42 Å². The minimum Gasteiger partial charge on any atom is -0.394 e. The summed E-state index contributed by atoms with van der Waals surface area (Å²) in [7, 11) is 0. The van der Waals surface area contributed by atoms with Crippen molar-refractivity contribution in [2.75, 3.05) is 13.2 Å². The van der Waals surface area contributed by atoms with Crippen LogP contribution in [0.4, 0.5) is 0 Å². The van der Waals surface area contributed by atoms with Gasteiger partial charge in [-0.3, -0.25) is 4.79 Å². The van der Waals surface area contributed by atoms with Gasteiger partial charge >= 0.3 is 0 Å². The van der Waals surface area contributed by atoms with Gasteiger partial charge in [-0.25, -0.2) is 0 Å². The lowest BCUT2D eigenvalue weighted by molar-refractivity contribution is -0.302. The third-order valence-electron chi connectivity index (χ3n) is 13.3. The summed E-state index contributed by atoms with van der Waals surface area (Å²) in [6.45, 7) is 3.78. The van der Waals surface area contributed by atoms with E-state index >= 15 is 0 Å². The molecule has 0 radical (unpaired) electrons. The first-order chi connectivity index (χ1) is 31.3. The van der Waals surface area contributed by atoms with E-state index in [2.05, 4.69) is 31.3 Å². The number of hydrogen-bond donors (Lipinski definition) is 6. The first kappa shape index (κ1) is 60.7. The third kappa shape index (κ3) is 34.9. The van der Waals surface area contributed by atoms with Crippen molar-refractivity contribution in [3.8, 4) is 0 Å². The van der Waals surface area contributed by atoms with Crippen molar-refractivity contribution in [2.24, 2.45) is 0 Å². The number of rotatable bonds is 47. The van der Waals surface area contributed by atoms with Crippen molar-refractivity contribution >= 4 is 5.91 Å². The quantitative estimate of drug-likeness (QED) is 0.0261. The van der Waals surface area contributed by atoms with Gasteiger partial charge in [0.1, 0.15) is 24.4 Å². The highest BCUT2D eigenvalue weighted by Gasteiger charge is 2.44. The first-order valence-electron chi connectivity index (χ1n) is 27.6. The van der Waals surface area contributed by atoms with Crippen LogP contribution in [0, 0.1) is 0 Å². The summed E-state index contributed by atoms with van der Waals surface area (Å²) in [5.41, 5.74) is 0. The number of unbranched alkanes of at least 4 members (excludes halogenated alkanes) is 35. The van der Waals surface area contributed by atoms with Crippen molar-refractivity contribution in [1.29, 1.82) is 0 Å². The van der Waals surface area contributed by atoms with Crippen LogP contribution in [0.15, 0.2) is 24.3 Å². The van der Waals surface area contributed by atoms with E-state index in [-0.39, 0.29) is 12.5 Å². The summed E-state index contributed by atoms with van der Waals surface area (Å²) in [4.78, 5) is 13.0. The van der Waals surface area contributed by atoms with Crippen molar-refractivity contribution in [2.45, 2.75) is 307 Å². The zero-order valence-electron chi connectivity index (χ0n) is 41.8. The summed E-state index contributed by atoms with van der Waals surface area (Å²) >= 11 is 0. The van der Waals surface area contributed by atoms with Crippen LogP contribution in [0.1, 0.15) is 264 Å². The molecule has 0 aliphatic carbocycles. The first-order valence-corrected chi connectivity index (χ1v) is 27.6. The van der Waals surface area contributed by atoms with Crippen LogP contribution < -0.4 is 5.32 Å². The zero-order chi connectivity index (χ0) is 46.6. The van der Waals surface area contributed by atoms with Crippen molar-refractivity contribution < 1.29 is 39.8 Å². The normalized spacial score (nSPS) is 20.1. The fraction of sp³-hybridized carbons (Fsp3) is 0.909. The van der Waals surface area contributed by atoms with Crippen molar-refractivity contribution in [3.05, 3.63) is 24.3 Å². The number of hydrogen-bond acceptors (Lipinski definition) is 8. The second-order valence-electron chi connectivity index (χ2n) is 19.4. The summed E-state index contributed by atoms with van der Waals surface area (Å²) < 4.78 is 11.2. The van der Waals surface area contributed by atoms with Crippen LogP contribution in [-0.2, 0) is 14.3 Å². The summed E-state index contributed by atoms with van der Waals surface area (Å²) in [6, 6.07) is -0.817. The van der Waals surface area contributed by atoms with E-state index < -0.39 is 49.5 Å². The fourth-order valence-corrected chi connectivity index (χ4v) is 8.88. The molecule has 1 heterocycles. The van der Waals surface area contributed by atoms with Gasteiger partial charge in [-0.15, -0.1) is 0 Å². The van der Waals surface area contributed by atoms with Crippen molar-refractivity contribution in [3.63, 3.8) is 0 Å². The maximum Gasteiger partial charge on any atom is 0.220 e. The number of amides is 1. The Bertz CT molecular complexity index is 1060. The average Bonchev–Trinajstić information content (AvgIpc) is 3.29. The van der Waals surface area contributed by atoms with Crippen LogP contribution in [0.25, 0.3) is 0 Å². The minimum absolute atomic E-state index is 0.184. The number of carbonyl (C=O) groups excluding carboxylic acids is 1. The molecule has 0 spiro atoms. The minimum atomic E-state index is -1.57. The van der Waals surface area contributed by atoms with Gasteiger partial charge in [-0.1, -0.05) is 250 Å². The van der Waals surface area contributed by atoms with Gasteiger partial charge < -0.3 is 40.3 Å². The fourth-order valence-electron chi connectivity index (χ4n) is 8.88. The molecule has 1 aliphatic heterocycles. The topological polar surface area (TPSA) is 149 Å².